The lowest BCUT2D eigenvalue weighted by Gasteiger charge is -2.07. The van der Waals surface area contributed by atoms with Crippen LogP contribution in [0.3, 0.4) is 0 Å². The minimum absolute atomic E-state index is 0.0612. The van der Waals surface area contributed by atoms with E-state index in [2.05, 4.69) is 9.98 Å². The molecule has 0 unspecified atom stereocenters. The summed E-state index contributed by atoms with van der Waals surface area (Å²) in [4.78, 5) is 24.3. The Kier molecular flexibility index (Phi) is 5.51. The zero-order chi connectivity index (χ0) is 20.4. The number of carbonyl (C=O) groups excluding carboxylic acids is 1. The average Bonchev–Trinajstić information content (AvgIpc) is 3.34. The number of benzene rings is 2. The minimum atomic E-state index is -0.0612. The van der Waals surface area contributed by atoms with Gasteiger partial charge in [-0.15, -0.1) is 11.3 Å². The number of methoxy groups -OCH3 is 1. The van der Waals surface area contributed by atoms with Gasteiger partial charge < -0.3 is 4.74 Å². The van der Waals surface area contributed by atoms with Crippen LogP contribution in [0.4, 0.5) is 5.13 Å². The van der Waals surface area contributed by atoms with Gasteiger partial charge in [0.25, 0.3) is 5.91 Å². The molecule has 29 heavy (non-hydrogen) atoms. The number of carbonyl (C=O) groups is 1. The Bertz CT molecular complexity index is 1120. The monoisotopic (exact) mass is 421 g/mol. The molecule has 146 valence electrons. The predicted molar refractivity (Wildman–Crippen MR) is 121 cm³/mol. The van der Waals surface area contributed by atoms with E-state index < -0.39 is 0 Å². The zero-order valence-electron chi connectivity index (χ0n) is 16.2. The summed E-state index contributed by atoms with van der Waals surface area (Å²) in [7, 11) is 3.37. The van der Waals surface area contributed by atoms with Crippen molar-refractivity contribution in [1.82, 2.24) is 9.88 Å². The van der Waals surface area contributed by atoms with E-state index in [9.17, 15) is 4.79 Å². The molecule has 7 heteroatoms. The number of nitrogens with zero attached hydrogens (tertiary/aromatic N) is 3. The summed E-state index contributed by atoms with van der Waals surface area (Å²) in [6.07, 6.45) is 0. The summed E-state index contributed by atoms with van der Waals surface area (Å²) in [5, 5.41) is 3.24. The fourth-order valence-electron chi connectivity index (χ4n) is 2.90. The molecule has 2 aromatic carbocycles. The number of aliphatic imine (C=N–C) groups is 1. The van der Waals surface area contributed by atoms with E-state index in [0.717, 1.165) is 28.1 Å². The Balaban J connectivity index is 1.63. The zero-order valence-corrected chi connectivity index (χ0v) is 17.9. The summed E-state index contributed by atoms with van der Waals surface area (Å²) >= 11 is 2.84. The highest BCUT2D eigenvalue weighted by Crippen LogP contribution is 2.38. The number of amides is 1. The number of hydrogen-bond donors (Lipinski definition) is 0. The first kappa shape index (κ1) is 19.4. The van der Waals surface area contributed by atoms with Crippen molar-refractivity contribution in [2.45, 2.75) is 6.92 Å². The molecule has 0 saturated carbocycles. The van der Waals surface area contributed by atoms with Gasteiger partial charge in [0, 0.05) is 18.0 Å². The van der Waals surface area contributed by atoms with Gasteiger partial charge in [-0.2, -0.15) is 4.99 Å². The van der Waals surface area contributed by atoms with Crippen LogP contribution in [-0.4, -0.2) is 35.1 Å². The molecule has 1 aromatic heterocycles. The molecule has 3 aromatic rings. The van der Waals surface area contributed by atoms with Gasteiger partial charge in [-0.25, -0.2) is 4.98 Å². The summed E-state index contributed by atoms with van der Waals surface area (Å²) in [5.41, 5.74) is 3.79. The molecule has 4 rings (SSSR count). The Morgan fingerprint density at radius 2 is 1.93 bits per heavy atom. The molecule has 0 atom stereocenters. The molecule has 5 nitrogen and oxygen atoms in total. The van der Waals surface area contributed by atoms with Crippen molar-refractivity contribution in [3.8, 4) is 17.0 Å². The second kappa shape index (κ2) is 8.23. The van der Waals surface area contributed by atoms with Gasteiger partial charge in [0.1, 0.15) is 5.75 Å². The van der Waals surface area contributed by atoms with Gasteiger partial charge >= 0.3 is 0 Å². The largest absolute Gasteiger partial charge is 0.497 e. The quantitative estimate of drug-likeness (QED) is 0.526. The van der Waals surface area contributed by atoms with Crippen molar-refractivity contribution in [1.29, 1.82) is 0 Å². The third-order valence-corrected chi connectivity index (χ3v) is 6.54. The van der Waals surface area contributed by atoms with Crippen LogP contribution in [0.15, 0.2) is 69.9 Å². The molecule has 1 aliphatic rings. The first-order valence-electron chi connectivity index (χ1n) is 8.97. The van der Waals surface area contributed by atoms with Crippen molar-refractivity contribution in [3.05, 3.63) is 70.4 Å². The van der Waals surface area contributed by atoms with Crippen LogP contribution in [0.1, 0.15) is 12.5 Å². The topological polar surface area (TPSA) is 54.8 Å². The Morgan fingerprint density at radius 1 is 1.14 bits per heavy atom. The highest BCUT2D eigenvalue weighted by molar-refractivity contribution is 8.18. The fourth-order valence-corrected chi connectivity index (χ4v) is 4.69. The molecule has 1 saturated heterocycles. The molecule has 2 heterocycles. The van der Waals surface area contributed by atoms with Crippen molar-refractivity contribution in [2.24, 2.45) is 4.99 Å². The molecule has 1 amide bonds. The standard InChI is InChI=1S/C22H19N3O2S2/c1-14(16-10-7-11-17(12-16)27-3)19-20(26)25(2)22(29-19)24-21-23-18(13-28-21)15-8-5-4-6-9-15/h4-13H,1-3H3/b19-14-,24-22+. The van der Waals surface area contributed by atoms with Gasteiger partial charge in [0.2, 0.25) is 5.13 Å². The molecule has 0 aliphatic carbocycles. The van der Waals surface area contributed by atoms with E-state index in [1.165, 1.54) is 23.1 Å². The highest BCUT2D eigenvalue weighted by atomic mass is 32.2. The second-order valence-corrected chi connectivity index (χ2v) is 8.24. The van der Waals surface area contributed by atoms with E-state index in [-0.39, 0.29) is 5.91 Å². The highest BCUT2D eigenvalue weighted by Gasteiger charge is 2.32. The summed E-state index contributed by atoms with van der Waals surface area (Å²) in [5.74, 6) is 0.699. The Morgan fingerprint density at radius 3 is 2.69 bits per heavy atom. The second-order valence-electron chi connectivity index (χ2n) is 6.43. The van der Waals surface area contributed by atoms with Crippen LogP contribution in [-0.2, 0) is 4.79 Å². The lowest BCUT2D eigenvalue weighted by atomic mass is 10.1. The fraction of sp³-hybridized carbons (Fsp3) is 0.136. The maximum Gasteiger partial charge on any atom is 0.266 e. The number of ether oxygens (including phenoxy) is 1. The minimum Gasteiger partial charge on any atom is -0.497 e. The number of hydrogen-bond acceptors (Lipinski definition) is 6. The van der Waals surface area contributed by atoms with Crippen molar-refractivity contribution in [2.75, 3.05) is 14.2 Å². The van der Waals surface area contributed by atoms with Crippen LogP contribution in [0.2, 0.25) is 0 Å². The molecular weight excluding hydrogens is 402 g/mol. The number of amidine groups is 1. The van der Waals surface area contributed by atoms with Crippen LogP contribution in [0.5, 0.6) is 5.75 Å². The van der Waals surface area contributed by atoms with Gasteiger partial charge in [-0.05, 0) is 42.0 Å². The first-order valence-corrected chi connectivity index (χ1v) is 10.7. The molecule has 1 aliphatic heterocycles. The third-order valence-electron chi connectivity index (χ3n) is 4.58. The first-order chi connectivity index (χ1) is 14.1. The number of likely N-dealkylation sites (N-methyl/N-ethyl adjacent to an activating group) is 1. The molecule has 0 spiro atoms. The van der Waals surface area contributed by atoms with Gasteiger partial charge in [-0.1, -0.05) is 42.5 Å². The number of aromatic nitrogens is 1. The van der Waals surface area contributed by atoms with E-state index >= 15 is 0 Å². The van der Waals surface area contributed by atoms with Crippen LogP contribution >= 0.6 is 23.1 Å². The number of thioether (sulfide) groups is 1. The van der Waals surface area contributed by atoms with Gasteiger partial charge in [0.05, 0.1) is 17.7 Å². The van der Waals surface area contributed by atoms with Gasteiger partial charge in [0.15, 0.2) is 5.17 Å². The number of rotatable bonds is 4. The summed E-state index contributed by atoms with van der Waals surface area (Å²) < 4.78 is 5.30. The van der Waals surface area contributed by atoms with Crippen molar-refractivity contribution in [3.63, 3.8) is 0 Å². The van der Waals surface area contributed by atoms with Crippen LogP contribution in [0.25, 0.3) is 16.8 Å². The smallest absolute Gasteiger partial charge is 0.266 e. The van der Waals surface area contributed by atoms with Crippen LogP contribution < -0.4 is 4.74 Å². The lowest BCUT2D eigenvalue weighted by molar-refractivity contribution is -0.121. The maximum absolute atomic E-state index is 12.8. The van der Waals surface area contributed by atoms with Crippen molar-refractivity contribution >= 4 is 44.9 Å². The van der Waals surface area contributed by atoms with E-state index in [1.54, 1.807) is 19.1 Å². The van der Waals surface area contributed by atoms with Crippen LogP contribution in [0, 0.1) is 0 Å². The predicted octanol–water partition coefficient (Wildman–Crippen LogP) is 5.44. The average molecular weight is 422 g/mol. The van der Waals surface area contributed by atoms with Gasteiger partial charge in [-0.3, -0.25) is 9.69 Å². The Labute approximate surface area is 177 Å². The van der Waals surface area contributed by atoms with Crippen molar-refractivity contribution < 1.29 is 9.53 Å². The number of allylic oxidation sites excluding steroid dienone is 1. The van der Waals surface area contributed by atoms with E-state index in [0.29, 0.717) is 15.2 Å². The third kappa shape index (κ3) is 3.97. The maximum atomic E-state index is 12.8. The molecular formula is C22H19N3O2S2. The number of thiazole rings is 1. The summed E-state index contributed by atoms with van der Waals surface area (Å²) in [6, 6.07) is 17.7. The molecule has 0 N–H and O–H groups in total. The SMILES string of the molecule is COc1cccc(/C(C)=C2\S/C(=N/c3nc(-c4ccccc4)cs3)N(C)C2=O)c1. The molecule has 0 bridgehead atoms. The van der Waals surface area contributed by atoms with E-state index in [4.69, 9.17) is 4.74 Å². The normalized spacial score (nSPS) is 17.1. The van der Waals surface area contributed by atoms with E-state index in [1.807, 2.05) is 66.9 Å². The molecule has 0 radical (unpaired) electrons. The molecule has 1 fully saturated rings. The lowest BCUT2D eigenvalue weighted by Crippen LogP contribution is -2.23. The summed E-state index contributed by atoms with van der Waals surface area (Å²) in [6.45, 7) is 1.95. The Hall–Kier alpha value is -2.90.